The van der Waals surface area contributed by atoms with Crippen LogP contribution in [0.5, 0.6) is 0 Å². The largest absolute Gasteiger partial charge is 0.377 e. The highest BCUT2D eigenvalue weighted by Crippen LogP contribution is 2.24. The van der Waals surface area contributed by atoms with E-state index in [9.17, 15) is 4.79 Å². The van der Waals surface area contributed by atoms with Crippen LogP contribution in [0.1, 0.15) is 26.7 Å². The summed E-state index contributed by atoms with van der Waals surface area (Å²) in [6, 6.07) is 5.68. The molecule has 1 unspecified atom stereocenters. The third-order valence-corrected chi connectivity index (χ3v) is 5.45. The second kappa shape index (κ2) is 7.36. The zero-order valence-electron chi connectivity index (χ0n) is 13.4. The van der Waals surface area contributed by atoms with Crippen molar-refractivity contribution >= 4 is 38.6 Å². The zero-order valence-corrected chi connectivity index (χ0v) is 15.8. The summed E-state index contributed by atoms with van der Waals surface area (Å²) in [5, 5.41) is 1.47. The van der Waals surface area contributed by atoms with E-state index < -0.39 is 0 Å². The lowest BCUT2D eigenvalue weighted by atomic mass is 10.2. The van der Waals surface area contributed by atoms with Gasteiger partial charge in [0.25, 0.3) is 5.56 Å². The van der Waals surface area contributed by atoms with Gasteiger partial charge in [0.1, 0.15) is 0 Å². The number of halogens is 1. The van der Waals surface area contributed by atoms with Gasteiger partial charge >= 0.3 is 0 Å². The minimum absolute atomic E-state index is 0.0415. The van der Waals surface area contributed by atoms with Crippen LogP contribution < -0.4 is 5.56 Å². The van der Waals surface area contributed by atoms with Gasteiger partial charge in [0.05, 0.1) is 17.0 Å². The molecule has 1 saturated heterocycles. The fourth-order valence-electron chi connectivity index (χ4n) is 2.75. The molecule has 0 N–H and O–H groups in total. The molecule has 1 aliphatic rings. The van der Waals surface area contributed by atoms with Crippen LogP contribution in [0, 0.1) is 5.92 Å². The van der Waals surface area contributed by atoms with E-state index in [1.807, 2.05) is 22.8 Å². The summed E-state index contributed by atoms with van der Waals surface area (Å²) < 4.78 is 8.41. The van der Waals surface area contributed by atoms with Crippen molar-refractivity contribution in [3.05, 3.63) is 33.0 Å². The van der Waals surface area contributed by atoms with Crippen molar-refractivity contribution in [1.82, 2.24) is 9.55 Å². The fraction of sp³-hybridized carbons (Fsp3) is 0.529. The summed E-state index contributed by atoms with van der Waals surface area (Å²) in [4.78, 5) is 17.6. The fourth-order valence-corrected chi connectivity index (χ4v) is 4.19. The second-order valence-corrected chi connectivity index (χ2v) is 8.21. The maximum atomic E-state index is 12.9. The summed E-state index contributed by atoms with van der Waals surface area (Å²) in [6.07, 6.45) is 2.51. The van der Waals surface area contributed by atoms with Crippen LogP contribution in [0.4, 0.5) is 0 Å². The highest BCUT2D eigenvalue weighted by molar-refractivity contribution is 9.10. The summed E-state index contributed by atoms with van der Waals surface area (Å²) >= 11 is 5.07. The number of rotatable bonds is 5. The maximum Gasteiger partial charge on any atom is 0.262 e. The average Bonchev–Trinajstić information content (AvgIpc) is 3.02. The lowest BCUT2D eigenvalue weighted by molar-refractivity contribution is 0.129. The number of nitrogens with zero attached hydrogens (tertiary/aromatic N) is 2. The molecule has 0 aliphatic carbocycles. The smallest absolute Gasteiger partial charge is 0.262 e. The SMILES string of the molecule is CC(C)Cn1c(SCC2CCCO2)nc2ccc(Br)cc2c1=O. The maximum absolute atomic E-state index is 12.9. The Hall–Kier alpha value is -0.850. The van der Waals surface area contributed by atoms with Crippen molar-refractivity contribution in [2.45, 2.75) is 44.5 Å². The molecule has 6 heteroatoms. The molecule has 1 aromatic heterocycles. The number of ether oxygens (including phenoxy) is 1. The number of thioether (sulfide) groups is 1. The van der Waals surface area contributed by atoms with E-state index in [1.165, 1.54) is 0 Å². The predicted octanol–water partition coefficient (Wildman–Crippen LogP) is 4.09. The summed E-state index contributed by atoms with van der Waals surface area (Å²) in [5.41, 5.74) is 0.799. The van der Waals surface area contributed by atoms with Crippen LogP contribution in [0.15, 0.2) is 32.6 Å². The molecule has 0 amide bonds. The number of hydrogen-bond acceptors (Lipinski definition) is 4. The Morgan fingerprint density at radius 3 is 3.00 bits per heavy atom. The van der Waals surface area contributed by atoms with Gasteiger partial charge in [-0.15, -0.1) is 0 Å². The lowest BCUT2D eigenvalue weighted by Crippen LogP contribution is -2.26. The van der Waals surface area contributed by atoms with Gasteiger partial charge < -0.3 is 4.74 Å². The first-order valence-electron chi connectivity index (χ1n) is 7.99. The molecule has 4 nitrogen and oxygen atoms in total. The first-order chi connectivity index (χ1) is 11.0. The molecule has 3 rings (SSSR count). The van der Waals surface area contributed by atoms with Gasteiger partial charge in [-0.25, -0.2) is 4.98 Å². The van der Waals surface area contributed by atoms with Crippen molar-refractivity contribution in [3.63, 3.8) is 0 Å². The second-order valence-electron chi connectivity index (χ2n) is 6.31. The minimum atomic E-state index is 0.0415. The molecule has 1 fully saturated rings. The third-order valence-electron chi connectivity index (χ3n) is 3.85. The Labute approximate surface area is 148 Å². The third kappa shape index (κ3) is 3.98. The van der Waals surface area contributed by atoms with Gasteiger partial charge in [0.2, 0.25) is 0 Å². The molecule has 2 aromatic rings. The molecular weight excluding hydrogens is 376 g/mol. The number of benzene rings is 1. The van der Waals surface area contributed by atoms with Gasteiger partial charge in [-0.05, 0) is 37.0 Å². The molecule has 2 heterocycles. The van der Waals surface area contributed by atoms with E-state index in [4.69, 9.17) is 9.72 Å². The predicted molar refractivity (Wildman–Crippen MR) is 98.2 cm³/mol. The summed E-state index contributed by atoms with van der Waals surface area (Å²) in [6.45, 7) is 5.77. The van der Waals surface area contributed by atoms with Crippen LogP contribution in [-0.2, 0) is 11.3 Å². The van der Waals surface area contributed by atoms with Gasteiger partial charge in [-0.1, -0.05) is 41.5 Å². The topological polar surface area (TPSA) is 44.1 Å². The molecule has 0 bridgehead atoms. The monoisotopic (exact) mass is 396 g/mol. The van der Waals surface area contributed by atoms with Crippen LogP contribution in [0.25, 0.3) is 10.9 Å². The zero-order chi connectivity index (χ0) is 16.4. The van der Waals surface area contributed by atoms with Crippen molar-refractivity contribution in [3.8, 4) is 0 Å². The first-order valence-corrected chi connectivity index (χ1v) is 9.77. The van der Waals surface area contributed by atoms with Crippen LogP contribution >= 0.6 is 27.7 Å². The highest BCUT2D eigenvalue weighted by atomic mass is 79.9. The minimum Gasteiger partial charge on any atom is -0.377 e. The molecular formula is C17H21BrN2O2S. The van der Waals surface area contributed by atoms with Gasteiger partial charge in [-0.2, -0.15) is 0 Å². The molecule has 23 heavy (non-hydrogen) atoms. The Morgan fingerprint density at radius 2 is 2.30 bits per heavy atom. The Bertz CT molecular complexity index is 754. The van der Waals surface area contributed by atoms with Crippen LogP contribution in [-0.4, -0.2) is 28.0 Å². The molecule has 0 radical (unpaired) electrons. The van der Waals surface area contributed by atoms with Gasteiger partial charge in [0.15, 0.2) is 5.16 Å². The molecule has 0 saturated carbocycles. The Kier molecular flexibility index (Phi) is 5.44. The molecule has 1 aliphatic heterocycles. The Balaban J connectivity index is 1.99. The average molecular weight is 397 g/mol. The van der Waals surface area contributed by atoms with E-state index in [0.29, 0.717) is 17.8 Å². The van der Waals surface area contributed by atoms with E-state index in [2.05, 4.69) is 29.8 Å². The normalized spacial score (nSPS) is 18.2. The first kappa shape index (κ1) is 17.0. The van der Waals surface area contributed by atoms with Gasteiger partial charge in [0, 0.05) is 23.4 Å². The van der Waals surface area contributed by atoms with E-state index in [0.717, 1.165) is 40.3 Å². The molecule has 1 aromatic carbocycles. The Morgan fingerprint density at radius 1 is 1.48 bits per heavy atom. The van der Waals surface area contributed by atoms with E-state index in [1.54, 1.807) is 11.8 Å². The number of fused-ring (bicyclic) bond motifs is 1. The van der Waals surface area contributed by atoms with Crippen LogP contribution in [0.3, 0.4) is 0 Å². The summed E-state index contributed by atoms with van der Waals surface area (Å²) in [7, 11) is 0. The van der Waals surface area contributed by atoms with Crippen molar-refractivity contribution < 1.29 is 4.74 Å². The van der Waals surface area contributed by atoms with E-state index in [-0.39, 0.29) is 11.7 Å². The van der Waals surface area contributed by atoms with E-state index >= 15 is 0 Å². The highest BCUT2D eigenvalue weighted by Gasteiger charge is 2.18. The number of hydrogen-bond donors (Lipinski definition) is 0. The van der Waals surface area contributed by atoms with Crippen molar-refractivity contribution in [2.24, 2.45) is 5.92 Å². The number of aromatic nitrogens is 2. The lowest BCUT2D eigenvalue weighted by Gasteiger charge is -2.16. The van der Waals surface area contributed by atoms with Crippen LogP contribution in [0.2, 0.25) is 0 Å². The molecule has 124 valence electrons. The summed E-state index contributed by atoms with van der Waals surface area (Å²) in [5.74, 6) is 1.24. The quantitative estimate of drug-likeness (QED) is 0.563. The van der Waals surface area contributed by atoms with Crippen molar-refractivity contribution in [1.29, 1.82) is 0 Å². The standard InChI is InChI=1S/C17H21BrN2O2S/c1-11(2)9-20-16(21)14-8-12(18)5-6-15(14)19-17(20)23-10-13-4-3-7-22-13/h5-6,8,11,13H,3-4,7,9-10H2,1-2H3. The molecule has 1 atom stereocenters. The van der Waals surface area contributed by atoms with Gasteiger partial charge in [-0.3, -0.25) is 9.36 Å². The van der Waals surface area contributed by atoms with Crippen molar-refractivity contribution in [2.75, 3.05) is 12.4 Å². The molecule has 0 spiro atoms.